The quantitative estimate of drug-likeness (QED) is 0.417. The average molecular weight is 386 g/mol. The Hall–Kier alpha value is -1.64. The largest absolute Gasteiger partial charge is 0.481 e. The average Bonchev–Trinajstić information content (AvgIpc) is 3.06. The second kappa shape index (κ2) is 7.65. The molecule has 4 fully saturated rings. The maximum absolute atomic E-state index is 12.3. The van der Waals surface area contributed by atoms with Gasteiger partial charge in [0.05, 0.1) is 17.6 Å². The summed E-state index contributed by atoms with van der Waals surface area (Å²) in [5, 5.41) is 19.4. The van der Waals surface area contributed by atoms with Crippen LogP contribution in [0.2, 0.25) is 0 Å². The zero-order chi connectivity index (χ0) is 19.9. The predicted molar refractivity (Wildman–Crippen MR) is 103 cm³/mol. The van der Waals surface area contributed by atoms with Crippen LogP contribution in [0.5, 0.6) is 0 Å². The molecular formula is C23H30O5. The predicted octanol–water partition coefficient (Wildman–Crippen LogP) is 2.96. The number of rotatable bonds is 6. The molecule has 0 saturated heterocycles. The summed E-state index contributed by atoms with van der Waals surface area (Å²) in [6.45, 7) is 0. The van der Waals surface area contributed by atoms with E-state index in [9.17, 15) is 14.7 Å². The molecular weight excluding hydrogens is 356 g/mol. The SMILES string of the molecule is COC12CCC(O)C(C#CC(=O)CC3C4CCCC43)C1CC2=CCCC(=O)O. The van der Waals surface area contributed by atoms with Gasteiger partial charge in [-0.2, -0.15) is 0 Å². The Morgan fingerprint density at radius 2 is 2.04 bits per heavy atom. The van der Waals surface area contributed by atoms with E-state index in [0.29, 0.717) is 31.6 Å². The van der Waals surface area contributed by atoms with E-state index in [0.717, 1.165) is 23.8 Å². The molecule has 0 aromatic heterocycles. The number of carboxylic acid groups (broad SMARTS) is 1. The summed E-state index contributed by atoms with van der Waals surface area (Å²) >= 11 is 0. The maximum Gasteiger partial charge on any atom is 0.303 e. The third kappa shape index (κ3) is 3.42. The number of hydrogen-bond donors (Lipinski definition) is 2. The van der Waals surface area contributed by atoms with E-state index in [-0.39, 0.29) is 24.0 Å². The standard InChI is InChI=1S/C23H30O5/c1-28-23-11-10-21(25)18(20(23)12-14(23)4-2-7-22(26)27)9-8-15(24)13-19-16-5-3-6-17(16)19/h4,16-21,25H,2-3,5-7,10-13H2,1H3,(H,26,27). The lowest BCUT2D eigenvalue weighted by atomic mass is 9.53. The lowest BCUT2D eigenvalue weighted by Crippen LogP contribution is -2.59. The van der Waals surface area contributed by atoms with Gasteiger partial charge in [0.2, 0.25) is 5.78 Å². The third-order valence-electron chi connectivity index (χ3n) is 7.74. The highest BCUT2D eigenvalue weighted by atomic mass is 16.5. The molecule has 4 rings (SSSR count). The highest BCUT2D eigenvalue weighted by Gasteiger charge is 2.58. The lowest BCUT2D eigenvalue weighted by molar-refractivity contribution is -0.139. The van der Waals surface area contributed by atoms with Crippen LogP contribution in [0.4, 0.5) is 0 Å². The van der Waals surface area contributed by atoms with E-state index in [1.165, 1.54) is 19.3 Å². The normalized spacial score (nSPS) is 42.0. The number of ketones is 1. The smallest absolute Gasteiger partial charge is 0.303 e. The molecule has 5 nitrogen and oxygen atoms in total. The van der Waals surface area contributed by atoms with Crippen molar-refractivity contribution in [3.8, 4) is 11.8 Å². The van der Waals surface area contributed by atoms with Crippen molar-refractivity contribution in [3.63, 3.8) is 0 Å². The number of aliphatic hydroxyl groups is 1. The number of hydrogen-bond acceptors (Lipinski definition) is 4. The van der Waals surface area contributed by atoms with Crippen LogP contribution in [0.15, 0.2) is 11.6 Å². The van der Waals surface area contributed by atoms with Crippen molar-refractivity contribution >= 4 is 11.8 Å². The van der Waals surface area contributed by atoms with Gasteiger partial charge in [0.15, 0.2) is 0 Å². The van der Waals surface area contributed by atoms with Crippen LogP contribution in [0.1, 0.15) is 57.8 Å². The fourth-order valence-corrected chi connectivity index (χ4v) is 6.16. The molecule has 0 aromatic carbocycles. The second-order valence-corrected chi connectivity index (χ2v) is 9.02. The minimum Gasteiger partial charge on any atom is -0.481 e. The summed E-state index contributed by atoms with van der Waals surface area (Å²) in [7, 11) is 1.68. The Balaban J connectivity index is 1.40. The van der Waals surface area contributed by atoms with Crippen LogP contribution in [0.3, 0.4) is 0 Å². The number of fused-ring (bicyclic) bond motifs is 2. The Kier molecular flexibility index (Phi) is 5.37. The third-order valence-corrected chi connectivity index (χ3v) is 7.74. The number of carbonyl (C=O) groups excluding carboxylic acids is 1. The van der Waals surface area contributed by atoms with Crippen molar-refractivity contribution in [3.05, 3.63) is 11.6 Å². The molecule has 0 amide bonds. The summed E-state index contributed by atoms with van der Waals surface area (Å²) in [5.41, 5.74) is 0.672. The molecule has 0 heterocycles. The topological polar surface area (TPSA) is 83.8 Å². The molecule has 4 aliphatic rings. The number of Topliss-reactive ketones (excluding diaryl/α,β-unsaturated/α-hetero) is 1. The van der Waals surface area contributed by atoms with Crippen LogP contribution in [0, 0.1) is 41.4 Å². The zero-order valence-corrected chi connectivity index (χ0v) is 16.5. The summed E-state index contributed by atoms with van der Waals surface area (Å²) in [6.07, 6.45) is 8.52. The number of aliphatic carboxylic acids is 1. The maximum atomic E-state index is 12.3. The van der Waals surface area contributed by atoms with Crippen molar-refractivity contribution in [2.75, 3.05) is 7.11 Å². The van der Waals surface area contributed by atoms with Gasteiger partial charge >= 0.3 is 5.97 Å². The first kappa shape index (κ1) is 19.7. The highest BCUT2D eigenvalue weighted by Crippen LogP contribution is 2.59. The number of ether oxygens (including phenoxy) is 1. The molecule has 6 unspecified atom stereocenters. The Morgan fingerprint density at radius 1 is 1.29 bits per heavy atom. The second-order valence-electron chi connectivity index (χ2n) is 9.02. The minimum atomic E-state index is -0.805. The Bertz CT molecular complexity index is 734. The van der Waals surface area contributed by atoms with Crippen molar-refractivity contribution in [1.29, 1.82) is 0 Å². The van der Waals surface area contributed by atoms with E-state index >= 15 is 0 Å². The van der Waals surface area contributed by atoms with Crippen molar-refractivity contribution in [2.24, 2.45) is 29.6 Å². The number of allylic oxidation sites excluding steroid dienone is 1. The van der Waals surface area contributed by atoms with Gasteiger partial charge in [-0.3, -0.25) is 9.59 Å². The fourth-order valence-electron chi connectivity index (χ4n) is 6.16. The van der Waals surface area contributed by atoms with Crippen molar-refractivity contribution in [1.82, 2.24) is 0 Å². The summed E-state index contributed by atoms with van der Waals surface area (Å²) in [4.78, 5) is 23.1. The van der Waals surface area contributed by atoms with Crippen LogP contribution in [0.25, 0.3) is 0 Å². The van der Waals surface area contributed by atoms with Crippen LogP contribution < -0.4 is 0 Å². The first-order valence-corrected chi connectivity index (χ1v) is 10.6. The van der Waals surface area contributed by atoms with Gasteiger partial charge in [0, 0.05) is 25.9 Å². The Labute approximate surface area is 166 Å². The van der Waals surface area contributed by atoms with E-state index < -0.39 is 17.7 Å². The molecule has 0 radical (unpaired) electrons. The molecule has 0 spiro atoms. The molecule has 6 atom stereocenters. The first-order chi connectivity index (χ1) is 13.5. The molecule has 0 aliphatic heterocycles. The molecule has 4 saturated carbocycles. The molecule has 4 aliphatic carbocycles. The zero-order valence-electron chi connectivity index (χ0n) is 16.5. The lowest BCUT2D eigenvalue weighted by Gasteiger charge is -2.57. The van der Waals surface area contributed by atoms with Gasteiger partial charge in [-0.1, -0.05) is 18.4 Å². The first-order valence-electron chi connectivity index (χ1n) is 10.6. The number of carboxylic acids is 1. The monoisotopic (exact) mass is 386 g/mol. The Morgan fingerprint density at radius 3 is 2.71 bits per heavy atom. The molecule has 0 aromatic rings. The van der Waals surface area contributed by atoms with Crippen LogP contribution >= 0.6 is 0 Å². The summed E-state index contributed by atoms with van der Waals surface area (Å²) in [5.74, 6) is 7.04. The molecule has 5 heteroatoms. The number of aliphatic hydroxyl groups excluding tert-OH is 1. The van der Waals surface area contributed by atoms with Gasteiger partial charge in [-0.15, -0.1) is 0 Å². The fraction of sp³-hybridized carbons (Fsp3) is 0.739. The van der Waals surface area contributed by atoms with Crippen LogP contribution in [-0.4, -0.2) is 40.8 Å². The minimum absolute atomic E-state index is 0.0109. The van der Waals surface area contributed by atoms with Crippen LogP contribution in [-0.2, 0) is 14.3 Å². The van der Waals surface area contributed by atoms with Gasteiger partial charge in [-0.25, -0.2) is 0 Å². The van der Waals surface area contributed by atoms with E-state index in [2.05, 4.69) is 11.8 Å². The molecule has 2 N–H and O–H groups in total. The molecule has 152 valence electrons. The molecule has 0 bridgehead atoms. The van der Waals surface area contributed by atoms with Crippen molar-refractivity contribution in [2.45, 2.75) is 69.5 Å². The number of methoxy groups -OCH3 is 1. The van der Waals surface area contributed by atoms with Crippen molar-refractivity contribution < 1.29 is 24.5 Å². The van der Waals surface area contributed by atoms with E-state index in [4.69, 9.17) is 9.84 Å². The van der Waals surface area contributed by atoms with Gasteiger partial charge in [-0.05, 0) is 67.8 Å². The van der Waals surface area contributed by atoms with E-state index in [1.54, 1.807) is 7.11 Å². The van der Waals surface area contributed by atoms with Gasteiger partial charge < -0.3 is 14.9 Å². The summed E-state index contributed by atoms with van der Waals surface area (Å²) < 4.78 is 5.88. The van der Waals surface area contributed by atoms with Gasteiger partial charge in [0.25, 0.3) is 0 Å². The van der Waals surface area contributed by atoms with Gasteiger partial charge in [0.1, 0.15) is 0 Å². The van der Waals surface area contributed by atoms with E-state index in [1.807, 2.05) is 6.08 Å². The number of carbonyl (C=O) groups is 2. The summed E-state index contributed by atoms with van der Waals surface area (Å²) in [6, 6.07) is 0. The molecule has 28 heavy (non-hydrogen) atoms. The highest BCUT2D eigenvalue weighted by molar-refractivity contribution is 5.95.